The minimum absolute atomic E-state index is 0.409. The van der Waals surface area contributed by atoms with Gasteiger partial charge in [-0.05, 0) is 6.07 Å². The fourth-order valence-electron chi connectivity index (χ4n) is 2.76. The van der Waals surface area contributed by atoms with Crippen molar-refractivity contribution in [2.24, 2.45) is 0 Å². The summed E-state index contributed by atoms with van der Waals surface area (Å²) in [5.41, 5.74) is 1.86. The van der Waals surface area contributed by atoms with Gasteiger partial charge in [-0.3, -0.25) is 0 Å². The highest BCUT2D eigenvalue weighted by Gasteiger charge is 2.28. The van der Waals surface area contributed by atoms with E-state index in [4.69, 9.17) is 10.00 Å². The van der Waals surface area contributed by atoms with Gasteiger partial charge in [-0.25, -0.2) is 0 Å². The Morgan fingerprint density at radius 3 is 3.00 bits per heavy atom. The second kappa shape index (κ2) is 4.97. The summed E-state index contributed by atoms with van der Waals surface area (Å²) in [4.78, 5) is 2.47. The molecule has 0 bridgehead atoms. The zero-order chi connectivity index (χ0) is 12.4. The Bertz CT molecular complexity index is 474. The lowest BCUT2D eigenvalue weighted by Crippen LogP contribution is -2.45. The van der Waals surface area contributed by atoms with Crippen LogP contribution in [0.5, 0.6) is 5.75 Å². The lowest BCUT2D eigenvalue weighted by molar-refractivity contribution is 0.211. The maximum absolute atomic E-state index is 9.06. The molecule has 1 N–H and O–H groups in total. The summed E-state index contributed by atoms with van der Waals surface area (Å²) >= 11 is 0. The van der Waals surface area contributed by atoms with Crippen LogP contribution in [-0.4, -0.2) is 44.2 Å². The van der Waals surface area contributed by atoms with Crippen LogP contribution in [0.15, 0.2) is 18.2 Å². The quantitative estimate of drug-likeness (QED) is 0.840. The van der Waals surface area contributed by atoms with Gasteiger partial charge in [0.1, 0.15) is 11.8 Å². The van der Waals surface area contributed by atoms with E-state index < -0.39 is 0 Å². The summed E-state index contributed by atoms with van der Waals surface area (Å²) in [7, 11) is 0. The van der Waals surface area contributed by atoms with E-state index in [1.165, 1.54) is 5.56 Å². The van der Waals surface area contributed by atoms with Crippen LogP contribution in [0.3, 0.4) is 0 Å². The first kappa shape index (κ1) is 11.5. The Hall–Kier alpha value is -1.57. The molecule has 2 heterocycles. The van der Waals surface area contributed by atoms with E-state index in [0.717, 1.165) is 38.5 Å². The normalized spacial score (nSPS) is 23.2. The molecule has 0 radical (unpaired) electrons. The van der Waals surface area contributed by atoms with Gasteiger partial charge in [0.25, 0.3) is 0 Å². The molecule has 3 rings (SSSR count). The van der Waals surface area contributed by atoms with E-state index in [1.807, 2.05) is 12.1 Å². The molecule has 0 spiro atoms. The average Bonchev–Trinajstić information content (AvgIpc) is 2.83. The largest absolute Gasteiger partial charge is 0.491 e. The number of nitriles is 1. The number of ether oxygens (including phenoxy) is 1. The highest BCUT2D eigenvalue weighted by Crippen LogP contribution is 2.36. The van der Waals surface area contributed by atoms with Crippen LogP contribution in [0.25, 0.3) is 0 Å². The molecule has 0 aromatic heterocycles. The van der Waals surface area contributed by atoms with Gasteiger partial charge < -0.3 is 15.0 Å². The maximum Gasteiger partial charge on any atom is 0.140 e. The number of nitrogens with one attached hydrogen (secondary N) is 1. The number of hydrogen-bond acceptors (Lipinski definition) is 4. The van der Waals surface area contributed by atoms with Crippen molar-refractivity contribution in [1.29, 1.82) is 5.26 Å². The Kier molecular flexibility index (Phi) is 3.18. The first-order valence-corrected chi connectivity index (χ1v) is 6.47. The van der Waals surface area contributed by atoms with Crippen LogP contribution in [0.4, 0.5) is 0 Å². The van der Waals surface area contributed by atoms with Crippen molar-refractivity contribution >= 4 is 0 Å². The standard InChI is InChI=1S/C14H17N3O/c15-8-11-2-1-3-13-12(10-18-14(11)13)9-17-6-4-16-5-7-17/h1-3,12,16H,4-7,9-10H2/t12-/m1/s1. The molecule has 94 valence electrons. The predicted octanol–water partition coefficient (Wildman–Crippen LogP) is 0.939. The van der Waals surface area contributed by atoms with E-state index in [-0.39, 0.29) is 0 Å². The second-order valence-electron chi connectivity index (χ2n) is 4.89. The van der Waals surface area contributed by atoms with Crippen LogP contribution < -0.4 is 10.1 Å². The van der Waals surface area contributed by atoms with Crippen molar-refractivity contribution < 1.29 is 4.74 Å². The highest BCUT2D eigenvalue weighted by molar-refractivity contribution is 5.52. The predicted molar refractivity (Wildman–Crippen MR) is 68.7 cm³/mol. The summed E-state index contributed by atoms with van der Waals surface area (Å²) in [5, 5.41) is 12.4. The summed E-state index contributed by atoms with van der Waals surface area (Å²) in [6.07, 6.45) is 0. The topological polar surface area (TPSA) is 48.3 Å². The molecular formula is C14H17N3O. The molecule has 2 aliphatic rings. The number of nitrogens with zero attached hydrogens (tertiary/aromatic N) is 2. The van der Waals surface area contributed by atoms with Gasteiger partial charge in [0, 0.05) is 44.2 Å². The van der Waals surface area contributed by atoms with E-state index in [2.05, 4.69) is 22.4 Å². The summed E-state index contributed by atoms with van der Waals surface area (Å²) in [6.45, 7) is 6.08. The fraction of sp³-hybridized carbons (Fsp3) is 0.500. The molecule has 1 aromatic rings. The molecule has 4 heteroatoms. The van der Waals surface area contributed by atoms with E-state index in [9.17, 15) is 0 Å². The number of benzene rings is 1. The van der Waals surface area contributed by atoms with Crippen molar-refractivity contribution in [2.45, 2.75) is 5.92 Å². The molecule has 0 saturated carbocycles. The SMILES string of the molecule is N#Cc1cccc2c1OC[C@H]2CN1CCNCC1. The first-order chi connectivity index (χ1) is 8.88. The Balaban J connectivity index is 1.76. The van der Waals surface area contributed by atoms with Crippen LogP contribution in [-0.2, 0) is 0 Å². The van der Waals surface area contributed by atoms with Gasteiger partial charge in [-0.2, -0.15) is 5.26 Å². The highest BCUT2D eigenvalue weighted by atomic mass is 16.5. The number of piperazine rings is 1. The van der Waals surface area contributed by atoms with Crippen LogP contribution in [0, 0.1) is 11.3 Å². The van der Waals surface area contributed by atoms with Gasteiger partial charge in [0.2, 0.25) is 0 Å². The second-order valence-corrected chi connectivity index (χ2v) is 4.89. The van der Waals surface area contributed by atoms with Gasteiger partial charge in [0.15, 0.2) is 0 Å². The lowest BCUT2D eigenvalue weighted by Gasteiger charge is -2.29. The first-order valence-electron chi connectivity index (χ1n) is 6.47. The minimum atomic E-state index is 0.409. The van der Waals surface area contributed by atoms with E-state index in [1.54, 1.807) is 0 Å². The van der Waals surface area contributed by atoms with Gasteiger partial charge in [-0.15, -0.1) is 0 Å². The molecule has 4 nitrogen and oxygen atoms in total. The lowest BCUT2D eigenvalue weighted by atomic mass is 9.98. The molecular weight excluding hydrogens is 226 g/mol. The number of hydrogen-bond donors (Lipinski definition) is 1. The van der Waals surface area contributed by atoms with E-state index >= 15 is 0 Å². The Labute approximate surface area is 107 Å². The average molecular weight is 243 g/mol. The Morgan fingerprint density at radius 2 is 2.22 bits per heavy atom. The minimum Gasteiger partial charge on any atom is -0.491 e. The van der Waals surface area contributed by atoms with Crippen LogP contribution >= 0.6 is 0 Å². The third-order valence-electron chi connectivity index (χ3n) is 3.72. The molecule has 1 fully saturated rings. The van der Waals surface area contributed by atoms with Crippen molar-refractivity contribution in [2.75, 3.05) is 39.3 Å². The maximum atomic E-state index is 9.06. The zero-order valence-electron chi connectivity index (χ0n) is 10.4. The van der Waals surface area contributed by atoms with Crippen LogP contribution in [0.1, 0.15) is 17.0 Å². The molecule has 2 aliphatic heterocycles. The molecule has 1 saturated heterocycles. The summed E-state index contributed by atoms with van der Waals surface area (Å²) in [5.74, 6) is 1.21. The smallest absolute Gasteiger partial charge is 0.140 e. The Morgan fingerprint density at radius 1 is 1.39 bits per heavy atom. The zero-order valence-corrected chi connectivity index (χ0v) is 10.4. The molecule has 1 aromatic carbocycles. The summed E-state index contributed by atoms with van der Waals surface area (Å²) < 4.78 is 5.71. The third kappa shape index (κ3) is 2.07. The van der Waals surface area contributed by atoms with Crippen molar-refractivity contribution in [3.05, 3.63) is 29.3 Å². The van der Waals surface area contributed by atoms with Gasteiger partial charge >= 0.3 is 0 Å². The van der Waals surface area contributed by atoms with Crippen LogP contribution in [0.2, 0.25) is 0 Å². The van der Waals surface area contributed by atoms with Gasteiger partial charge in [-0.1, -0.05) is 12.1 Å². The number of rotatable bonds is 2. The fourth-order valence-corrected chi connectivity index (χ4v) is 2.76. The number of para-hydroxylation sites is 1. The van der Waals surface area contributed by atoms with Crippen molar-refractivity contribution in [1.82, 2.24) is 10.2 Å². The molecule has 0 unspecified atom stereocenters. The molecule has 0 amide bonds. The number of fused-ring (bicyclic) bond motifs is 1. The van der Waals surface area contributed by atoms with Crippen molar-refractivity contribution in [3.63, 3.8) is 0 Å². The van der Waals surface area contributed by atoms with Gasteiger partial charge in [0.05, 0.1) is 12.2 Å². The summed E-state index contributed by atoms with van der Waals surface area (Å²) in [6, 6.07) is 8.08. The monoisotopic (exact) mass is 243 g/mol. The van der Waals surface area contributed by atoms with E-state index in [0.29, 0.717) is 18.1 Å². The third-order valence-corrected chi connectivity index (χ3v) is 3.72. The molecule has 1 atom stereocenters. The van der Waals surface area contributed by atoms with Crippen molar-refractivity contribution in [3.8, 4) is 11.8 Å². The molecule has 0 aliphatic carbocycles. The molecule has 18 heavy (non-hydrogen) atoms.